The molecule has 1 aromatic carbocycles. The Morgan fingerprint density at radius 2 is 2.15 bits per heavy atom. The minimum atomic E-state index is -0.479. The van der Waals surface area contributed by atoms with Crippen LogP contribution in [0.1, 0.15) is 37.0 Å². The van der Waals surface area contributed by atoms with Crippen LogP contribution in [0.4, 0.5) is 4.39 Å². The summed E-state index contributed by atoms with van der Waals surface area (Å²) in [7, 11) is 1.37. The lowest BCUT2D eigenvalue weighted by molar-refractivity contribution is 0.0934. The molecule has 1 rings (SSSR count). The summed E-state index contributed by atoms with van der Waals surface area (Å²) in [6.07, 6.45) is 1.86. The van der Waals surface area contributed by atoms with Crippen molar-refractivity contribution in [2.24, 2.45) is 11.1 Å². The van der Waals surface area contributed by atoms with E-state index in [0.29, 0.717) is 18.7 Å². The van der Waals surface area contributed by atoms with Crippen molar-refractivity contribution in [2.75, 3.05) is 20.2 Å². The van der Waals surface area contributed by atoms with E-state index in [4.69, 9.17) is 10.5 Å². The van der Waals surface area contributed by atoms with E-state index in [2.05, 4.69) is 19.2 Å². The summed E-state index contributed by atoms with van der Waals surface area (Å²) in [5, 5.41) is 2.86. The number of carbonyl (C=O) groups excluding carboxylic acids is 1. The highest BCUT2D eigenvalue weighted by Crippen LogP contribution is 2.21. The van der Waals surface area contributed by atoms with E-state index in [1.807, 2.05) is 0 Å². The lowest BCUT2D eigenvalue weighted by atomic mass is 9.87. The molecule has 0 saturated heterocycles. The molecule has 3 N–H and O–H groups in total. The maximum Gasteiger partial charge on any atom is 0.251 e. The number of hydrogen-bond acceptors (Lipinski definition) is 3. The maximum absolute atomic E-state index is 13.3. The molecule has 0 aliphatic rings. The standard InChI is InChI=1S/C15H23FN2O2/c1-15(2,7-4-8-17)10-18-14(19)11-5-6-12(16)13(9-11)20-3/h5-6,9H,4,7-8,10,17H2,1-3H3,(H,18,19). The Hall–Kier alpha value is -1.62. The molecule has 1 amide bonds. The highest BCUT2D eigenvalue weighted by Gasteiger charge is 2.19. The highest BCUT2D eigenvalue weighted by atomic mass is 19.1. The van der Waals surface area contributed by atoms with Gasteiger partial charge in [-0.1, -0.05) is 13.8 Å². The van der Waals surface area contributed by atoms with E-state index in [1.54, 1.807) is 0 Å². The number of methoxy groups -OCH3 is 1. The van der Waals surface area contributed by atoms with Crippen LogP contribution in [0.2, 0.25) is 0 Å². The maximum atomic E-state index is 13.3. The smallest absolute Gasteiger partial charge is 0.251 e. The van der Waals surface area contributed by atoms with Crippen LogP contribution >= 0.6 is 0 Å². The molecule has 5 heteroatoms. The number of ether oxygens (including phenoxy) is 1. The van der Waals surface area contributed by atoms with Gasteiger partial charge in [0.2, 0.25) is 0 Å². The van der Waals surface area contributed by atoms with Gasteiger partial charge in [0, 0.05) is 12.1 Å². The third-order valence-corrected chi connectivity index (χ3v) is 3.20. The van der Waals surface area contributed by atoms with Crippen LogP contribution in [0.25, 0.3) is 0 Å². The lowest BCUT2D eigenvalue weighted by Gasteiger charge is -2.24. The Bertz CT molecular complexity index is 461. The van der Waals surface area contributed by atoms with Crippen molar-refractivity contribution in [1.29, 1.82) is 0 Å². The second-order valence-electron chi connectivity index (χ2n) is 5.59. The molecular weight excluding hydrogens is 259 g/mol. The summed E-state index contributed by atoms with van der Waals surface area (Å²) in [5.74, 6) is -0.642. The van der Waals surface area contributed by atoms with Gasteiger partial charge in [0.25, 0.3) is 5.91 Å². The first-order valence-corrected chi connectivity index (χ1v) is 6.71. The van der Waals surface area contributed by atoms with Crippen LogP contribution < -0.4 is 15.8 Å². The molecule has 1 aromatic rings. The predicted octanol–water partition coefficient (Wildman–Crippen LogP) is 2.33. The molecule has 0 unspecified atom stereocenters. The largest absolute Gasteiger partial charge is 0.494 e. The molecule has 0 aliphatic carbocycles. The van der Waals surface area contributed by atoms with Crippen molar-refractivity contribution >= 4 is 5.91 Å². The first-order valence-electron chi connectivity index (χ1n) is 6.71. The summed E-state index contributed by atoms with van der Waals surface area (Å²) < 4.78 is 18.1. The van der Waals surface area contributed by atoms with Crippen LogP contribution in [0.5, 0.6) is 5.75 Å². The highest BCUT2D eigenvalue weighted by molar-refractivity contribution is 5.94. The van der Waals surface area contributed by atoms with Crippen molar-refractivity contribution in [2.45, 2.75) is 26.7 Å². The minimum Gasteiger partial charge on any atom is -0.494 e. The Morgan fingerprint density at radius 3 is 2.75 bits per heavy atom. The Balaban J connectivity index is 2.63. The number of nitrogens with two attached hydrogens (primary N) is 1. The van der Waals surface area contributed by atoms with Gasteiger partial charge in [-0.2, -0.15) is 0 Å². The van der Waals surface area contributed by atoms with Gasteiger partial charge in [0.15, 0.2) is 11.6 Å². The SMILES string of the molecule is COc1cc(C(=O)NCC(C)(C)CCCN)ccc1F. The van der Waals surface area contributed by atoms with Crippen molar-refractivity contribution < 1.29 is 13.9 Å². The number of halogens is 1. The topological polar surface area (TPSA) is 64.3 Å². The van der Waals surface area contributed by atoms with Crippen LogP contribution in [0, 0.1) is 11.2 Å². The summed E-state index contributed by atoms with van der Waals surface area (Å²) in [5.41, 5.74) is 5.86. The van der Waals surface area contributed by atoms with Gasteiger partial charge in [0.1, 0.15) is 0 Å². The molecule has 0 spiro atoms. The van der Waals surface area contributed by atoms with E-state index in [-0.39, 0.29) is 17.1 Å². The normalized spacial score (nSPS) is 11.2. The number of rotatable bonds is 7. The average Bonchev–Trinajstić information content (AvgIpc) is 2.43. The first kappa shape index (κ1) is 16.4. The van der Waals surface area contributed by atoms with Crippen molar-refractivity contribution in [3.8, 4) is 5.75 Å². The quantitative estimate of drug-likeness (QED) is 0.806. The van der Waals surface area contributed by atoms with Crippen LogP contribution in [-0.4, -0.2) is 26.1 Å². The zero-order chi connectivity index (χ0) is 15.2. The van der Waals surface area contributed by atoms with Gasteiger partial charge in [-0.3, -0.25) is 4.79 Å². The van der Waals surface area contributed by atoms with E-state index in [1.165, 1.54) is 25.3 Å². The second kappa shape index (κ2) is 7.24. The van der Waals surface area contributed by atoms with Crippen LogP contribution in [0.3, 0.4) is 0 Å². The van der Waals surface area contributed by atoms with Crippen molar-refractivity contribution in [3.05, 3.63) is 29.6 Å². The summed E-state index contributed by atoms with van der Waals surface area (Å²) in [4.78, 5) is 12.0. The average molecular weight is 282 g/mol. The molecule has 4 nitrogen and oxygen atoms in total. The number of benzene rings is 1. The Labute approximate surface area is 119 Å². The fourth-order valence-electron chi connectivity index (χ4n) is 1.89. The third-order valence-electron chi connectivity index (χ3n) is 3.20. The van der Waals surface area contributed by atoms with E-state index in [0.717, 1.165) is 12.8 Å². The van der Waals surface area contributed by atoms with Crippen molar-refractivity contribution in [3.63, 3.8) is 0 Å². The molecular formula is C15H23FN2O2. The first-order chi connectivity index (χ1) is 9.39. The zero-order valence-corrected chi connectivity index (χ0v) is 12.3. The summed E-state index contributed by atoms with van der Waals surface area (Å²) in [6, 6.07) is 4.07. The van der Waals surface area contributed by atoms with Crippen LogP contribution in [-0.2, 0) is 0 Å². The zero-order valence-electron chi connectivity index (χ0n) is 12.3. The monoisotopic (exact) mass is 282 g/mol. The number of hydrogen-bond donors (Lipinski definition) is 2. The van der Waals surface area contributed by atoms with Gasteiger partial charge < -0.3 is 15.8 Å². The Kier molecular flexibility index (Phi) is 5.95. The van der Waals surface area contributed by atoms with E-state index < -0.39 is 5.82 Å². The molecule has 0 atom stereocenters. The second-order valence-corrected chi connectivity index (χ2v) is 5.59. The number of amides is 1. The number of carbonyl (C=O) groups is 1. The van der Waals surface area contributed by atoms with Gasteiger partial charge in [-0.15, -0.1) is 0 Å². The fraction of sp³-hybridized carbons (Fsp3) is 0.533. The van der Waals surface area contributed by atoms with Gasteiger partial charge in [-0.25, -0.2) is 4.39 Å². The Morgan fingerprint density at radius 1 is 1.45 bits per heavy atom. The molecule has 0 aliphatic heterocycles. The van der Waals surface area contributed by atoms with Gasteiger partial charge in [-0.05, 0) is 43.0 Å². The van der Waals surface area contributed by atoms with Gasteiger partial charge in [0.05, 0.1) is 7.11 Å². The molecule has 0 fully saturated rings. The molecule has 0 saturated carbocycles. The molecule has 112 valence electrons. The van der Waals surface area contributed by atoms with E-state index >= 15 is 0 Å². The molecule has 0 aromatic heterocycles. The molecule has 0 radical (unpaired) electrons. The molecule has 0 heterocycles. The lowest BCUT2D eigenvalue weighted by Crippen LogP contribution is -2.34. The molecule has 0 bridgehead atoms. The fourth-order valence-corrected chi connectivity index (χ4v) is 1.89. The minimum absolute atomic E-state index is 0.0147. The van der Waals surface area contributed by atoms with Crippen molar-refractivity contribution in [1.82, 2.24) is 5.32 Å². The predicted molar refractivity (Wildman–Crippen MR) is 77.4 cm³/mol. The summed E-state index contributed by atoms with van der Waals surface area (Å²) in [6.45, 7) is 5.35. The number of nitrogens with one attached hydrogen (secondary N) is 1. The van der Waals surface area contributed by atoms with Gasteiger partial charge >= 0.3 is 0 Å². The van der Waals surface area contributed by atoms with Crippen LogP contribution in [0.15, 0.2) is 18.2 Å². The molecule has 20 heavy (non-hydrogen) atoms. The van der Waals surface area contributed by atoms with E-state index in [9.17, 15) is 9.18 Å². The third kappa shape index (κ3) is 4.81. The summed E-state index contributed by atoms with van der Waals surface area (Å²) >= 11 is 0.